The van der Waals surface area contributed by atoms with E-state index in [1.807, 2.05) is 0 Å². The maximum atomic E-state index is 11.4. The third-order valence-electron chi connectivity index (χ3n) is 1.96. The van der Waals surface area contributed by atoms with E-state index >= 15 is 0 Å². The lowest BCUT2D eigenvalue weighted by molar-refractivity contribution is -0.118. The Hall–Kier alpha value is -1.61. The Balaban J connectivity index is 2.60. The van der Waals surface area contributed by atoms with Crippen molar-refractivity contribution < 1.29 is 15.0 Å². The number of aliphatic hydroxyl groups is 1. The molecule has 0 atom stereocenters. The first kappa shape index (κ1) is 12.5. The van der Waals surface area contributed by atoms with Gasteiger partial charge in [0.1, 0.15) is 5.75 Å². The van der Waals surface area contributed by atoms with E-state index in [1.165, 1.54) is 6.08 Å². The number of benzene rings is 1. The standard InChI is InChI=1S/C13H16O3/c1-13(2,16)9-12(15)8-5-10-3-6-11(14)7-4-10/h3-8,14,16H,9H2,1-2H3/b8-5+. The van der Waals surface area contributed by atoms with Gasteiger partial charge >= 0.3 is 0 Å². The van der Waals surface area contributed by atoms with E-state index in [0.717, 1.165) is 5.56 Å². The minimum atomic E-state index is -0.976. The maximum absolute atomic E-state index is 11.4. The lowest BCUT2D eigenvalue weighted by atomic mass is 10.0. The third kappa shape index (κ3) is 4.75. The number of phenolic OH excluding ortho intramolecular Hbond substituents is 1. The largest absolute Gasteiger partial charge is 0.508 e. The van der Waals surface area contributed by atoms with Gasteiger partial charge in [-0.15, -0.1) is 0 Å². The van der Waals surface area contributed by atoms with Crippen LogP contribution in [-0.4, -0.2) is 21.6 Å². The average molecular weight is 220 g/mol. The summed E-state index contributed by atoms with van der Waals surface area (Å²) in [6.45, 7) is 3.19. The molecule has 0 unspecified atom stereocenters. The van der Waals surface area contributed by atoms with Gasteiger partial charge in [-0.05, 0) is 37.6 Å². The van der Waals surface area contributed by atoms with Gasteiger partial charge in [-0.3, -0.25) is 4.79 Å². The number of hydrogen-bond acceptors (Lipinski definition) is 3. The zero-order valence-electron chi connectivity index (χ0n) is 9.47. The van der Waals surface area contributed by atoms with Crippen LogP contribution in [0.25, 0.3) is 6.08 Å². The van der Waals surface area contributed by atoms with E-state index in [0.29, 0.717) is 0 Å². The first-order valence-electron chi connectivity index (χ1n) is 5.09. The number of phenols is 1. The fourth-order valence-electron chi connectivity index (χ4n) is 1.26. The first-order valence-corrected chi connectivity index (χ1v) is 5.09. The summed E-state index contributed by atoms with van der Waals surface area (Å²) < 4.78 is 0. The van der Waals surface area contributed by atoms with Crippen LogP contribution in [0.5, 0.6) is 5.75 Å². The maximum Gasteiger partial charge on any atom is 0.158 e. The number of hydrogen-bond donors (Lipinski definition) is 2. The lowest BCUT2D eigenvalue weighted by Gasteiger charge is -2.13. The molecular weight excluding hydrogens is 204 g/mol. The molecule has 2 N–H and O–H groups in total. The van der Waals surface area contributed by atoms with Crippen molar-refractivity contribution in [2.24, 2.45) is 0 Å². The Morgan fingerprint density at radius 2 is 1.88 bits per heavy atom. The lowest BCUT2D eigenvalue weighted by Crippen LogP contribution is -2.22. The minimum absolute atomic E-state index is 0.0988. The summed E-state index contributed by atoms with van der Waals surface area (Å²) in [5.74, 6) is 0.0699. The Morgan fingerprint density at radius 1 is 1.31 bits per heavy atom. The molecule has 0 spiro atoms. The molecule has 16 heavy (non-hydrogen) atoms. The molecule has 0 heterocycles. The number of rotatable bonds is 4. The number of ketones is 1. The second kappa shape index (κ2) is 4.94. The molecule has 0 amide bonds. The summed E-state index contributed by atoms with van der Waals surface area (Å²) in [4.78, 5) is 11.4. The molecule has 1 rings (SSSR count). The summed E-state index contributed by atoms with van der Waals surface area (Å²) >= 11 is 0. The molecule has 0 radical (unpaired) electrons. The van der Waals surface area contributed by atoms with E-state index < -0.39 is 5.60 Å². The highest BCUT2D eigenvalue weighted by Gasteiger charge is 2.15. The van der Waals surface area contributed by atoms with Crippen LogP contribution in [0.15, 0.2) is 30.3 Å². The predicted molar refractivity (Wildman–Crippen MR) is 63.1 cm³/mol. The van der Waals surface area contributed by atoms with Gasteiger partial charge in [-0.25, -0.2) is 0 Å². The molecule has 3 nitrogen and oxygen atoms in total. The van der Waals surface area contributed by atoms with Crippen LogP contribution in [0.1, 0.15) is 25.8 Å². The van der Waals surface area contributed by atoms with E-state index in [1.54, 1.807) is 44.2 Å². The van der Waals surface area contributed by atoms with Crippen molar-refractivity contribution in [3.8, 4) is 5.75 Å². The van der Waals surface area contributed by atoms with E-state index in [-0.39, 0.29) is 18.0 Å². The number of carbonyl (C=O) groups is 1. The van der Waals surface area contributed by atoms with E-state index in [9.17, 15) is 9.90 Å². The van der Waals surface area contributed by atoms with E-state index in [4.69, 9.17) is 5.11 Å². The Bertz CT molecular complexity index is 383. The fraction of sp³-hybridized carbons (Fsp3) is 0.308. The van der Waals surface area contributed by atoms with Crippen molar-refractivity contribution >= 4 is 11.9 Å². The molecule has 1 aromatic rings. The highest BCUT2D eigenvalue weighted by Crippen LogP contribution is 2.12. The molecule has 0 saturated carbocycles. The SMILES string of the molecule is CC(C)(O)CC(=O)/C=C/c1ccc(O)cc1. The topological polar surface area (TPSA) is 57.5 Å². The first-order chi connectivity index (χ1) is 7.37. The minimum Gasteiger partial charge on any atom is -0.508 e. The molecule has 86 valence electrons. The summed E-state index contributed by atoms with van der Waals surface area (Å²) in [6, 6.07) is 6.53. The third-order valence-corrected chi connectivity index (χ3v) is 1.96. The predicted octanol–water partition coefficient (Wildman–Crippen LogP) is 2.14. The molecule has 1 aromatic carbocycles. The van der Waals surface area contributed by atoms with Crippen molar-refractivity contribution in [2.45, 2.75) is 25.9 Å². The number of aromatic hydroxyl groups is 1. The molecule has 0 aliphatic heterocycles. The van der Waals surface area contributed by atoms with Crippen LogP contribution in [0.3, 0.4) is 0 Å². The van der Waals surface area contributed by atoms with Crippen LogP contribution in [0.4, 0.5) is 0 Å². The van der Waals surface area contributed by atoms with E-state index in [2.05, 4.69) is 0 Å². The van der Waals surface area contributed by atoms with Crippen LogP contribution < -0.4 is 0 Å². The van der Waals surface area contributed by atoms with Gasteiger partial charge in [0.05, 0.1) is 5.60 Å². The quantitative estimate of drug-likeness (QED) is 0.764. The van der Waals surface area contributed by atoms with Crippen LogP contribution in [0, 0.1) is 0 Å². The highest BCUT2D eigenvalue weighted by molar-refractivity contribution is 5.94. The average Bonchev–Trinajstić information content (AvgIpc) is 2.14. The van der Waals surface area contributed by atoms with Gasteiger partial charge in [0.25, 0.3) is 0 Å². The van der Waals surface area contributed by atoms with Crippen molar-refractivity contribution in [2.75, 3.05) is 0 Å². The smallest absolute Gasteiger partial charge is 0.158 e. The molecule has 0 fully saturated rings. The van der Waals surface area contributed by atoms with Crippen molar-refractivity contribution in [1.82, 2.24) is 0 Å². The molecule has 0 aliphatic rings. The summed E-state index contributed by atoms with van der Waals surface area (Å²) in [5.41, 5.74) is -0.141. The zero-order valence-corrected chi connectivity index (χ0v) is 9.47. The zero-order chi connectivity index (χ0) is 12.2. The number of carbonyl (C=O) groups excluding carboxylic acids is 1. The second-order valence-corrected chi connectivity index (χ2v) is 4.38. The van der Waals surface area contributed by atoms with Gasteiger partial charge in [0, 0.05) is 6.42 Å². The van der Waals surface area contributed by atoms with Gasteiger partial charge in [0.15, 0.2) is 5.78 Å². The Labute approximate surface area is 95.0 Å². The van der Waals surface area contributed by atoms with Gasteiger partial charge < -0.3 is 10.2 Å². The van der Waals surface area contributed by atoms with Gasteiger partial charge in [0.2, 0.25) is 0 Å². The highest BCUT2D eigenvalue weighted by atomic mass is 16.3. The van der Waals surface area contributed by atoms with Crippen molar-refractivity contribution in [3.63, 3.8) is 0 Å². The number of allylic oxidation sites excluding steroid dienone is 1. The van der Waals surface area contributed by atoms with Crippen molar-refractivity contribution in [3.05, 3.63) is 35.9 Å². The monoisotopic (exact) mass is 220 g/mol. The van der Waals surface area contributed by atoms with Crippen LogP contribution in [-0.2, 0) is 4.79 Å². The Morgan fingerprint density at radius 3 is 2.38 bits per heavy atom. The van der Waals surface area contributed by atoms with Gasteiger partial charge in [-0.1, -0.05) is 18.2 Å². The molecular formula is C13H16O3. The molecule has 0 saturated heterocycles. The molecule has 0 aliphatic carbocycles. The van der Waals surface area contributed by atoms with Crippen LogP contribution in [0.2, 0.25) is 0 Å². The molecule has 0 aromatic heterocycles. The normalized spacial score (nSPS) is 11.9. The fourth-order valence-corrected chi connectivity index (χ4v) is 1.26. The summed E-state index contributed by atoms with van der Waals surface area (Å²) in [5, 5.41) is 18.5. The molecule has 3 heteroatoms. The summed E-state index contributed by atoms with van der Waals surface area (Å²) in [7, 11) is 0. The second-order valence-electron chi connectivity index (χ2n) is 4.38. The van der Waals surface area contributed by atoms with Crippen LogP contribution >= 0.6 is 0 Å². The Kier molecular flexibility index (Phi) is 3.85. The molecule has 0 bridgehead atoms. The summed E-state index contributed by atoms with van der Waals surface area (Å²) in [6.07, 6.45) is 3.19. The van der Waals surface area contributed by atoms with Gasteiger partial charge in [-0.2, -0.15) is 0 Å². The van der Waals surface area contributed by atoms with Crippen molar-refractivity contribution in [1.29, 1.82) is 0 Å².